The Hall–Kier alpha value is -4.79. The average molecular weight is 444 g/mol. The van der Waals surface area contributed by atoms with E-state index in [2.05, 4.69) is 0 Å². The number of aliphatic hydroxyl groups excluding tert-OH is 1. The molecule has 1 saturated heterocycles. The number of nitro groups is 1. The number of aliphatic hydroxyl groups is 1. The van der Waals surface area contributed by atoms with E-state index in [1.165, 1.54) is 53.4 Å². The maximum absolute atomic E-state index is 13.0. The fourth-order valence-electron chi connectivity index (χ4n) is 3.71. The van der Waals surface area contributed by atoms with E-state index in [0.29, 0.717) is 5.56 Å². The van der Waals surface area contributed by atoms with Crippen LogP contribution in [0.2, 0.25) is 0 Å². The number of aromatic carboxylic acids is 1. The number of nitro benzene ring substituents is 1. The zero-order valence-electron chi connectivity index (χ0n) is 16.9. The molecule has 164 valence electrons. The number of carbonyl (C=O) groups excluding carboxylic acids is 2. The van der Waals surface area contributed by atoms with E-state index < -0.39 is 34.4 Å². The minimum atomic E-state index is -1.14. The van der Waals surface area contributed by atoms with Gasteiger partial charge in [-0.25, -0.2) is 4.79 Å². The minimum absolute atomic E-state index is 0.0116. The maximum atomic E-state index is 13.0. The molecule has 33 heavy (non-hydrogen) atoms. The molecule has 0 aliphatic carbocycles. The number of carboxylic acid groups (broad SMARTS) is 1. The lowest BCUT2D eigenvalue weighted by Gasteiger charge is -2.25. The molecule has 1 aliphatic heterocycles. The van der Waals surface area contributed by atoms with Gasteiger partial charge in [-0.3, -0.25) is 24.6 Å². The van der Waals surface area contributed by atoms with Crippen molar-refractivity contribution in [3.05, 3.63) is 111 Å². The zero-order chi connectivity index (χ0) is 23.7. The second-order valence-electron chi connectivity index (χ2n) is 7.24. The normalized spacial score (nSPS) is 17.2. The summed E-state index contributed by atoms with van der Waals surface area (Å²) >= 11 is 0. The van der Waals surface area contributed by atoms with Crippen LogP contribution in [0.1, 0.15) is 27.5 Å². The number of amides is 1. The predicted octanol–water partition coefficient (Wildman–Crippen LogP) is 3.92. The largest absolute Gasteiger partial charge is 0.507 e. The molecule has 0 aromatic heterocycles. The molecule has 2 N–H and O–H groups in total. The Kier molecular flexibility index (Phi) is 5.45. The highest BCUT2D eigenvalue weighted by atomic mass is 16.6. The van der Waals surface area contributed by atoms with E-state index in [0.717, 1.165) is 0 Å². The maximum Gasteiger partial charge on any atom is 0.335 e. The van der Waals surface area contributed by atoms with Crippen molar-refractivity contribution >= 4 is 34.8 Å². The van der Waals surface area contributed by atoms with E-state index in [-0.39, 0.29) is 28.1 Å². The van der Waals surface area contributed by atoms with Crippen LogP contribution < -0.4 is 4.90 Å². The Morgan fingerprint density at radius 3 is 1.97 bits per heavy atom. The van der Waals surface area contributed by atoms with Crippen molar-refractivity contribution in [1.29, 1.82) is 0 Å². The molecule has 3 aromatic rings. The number of anilines is 1. The first-order chi connectivity index (χ1) is 15.8. The van der Waals surface area contributed by atoms with E-state index in [1.807, 2.05) is 0 Å². The first kappa shape index (κ1) is 21.4. The van der Waals surface area contributed by atoms with Crippen LogP contribution in [-0.4, -0.2) is 32.8 Å². The third kappa shape index (κ3) is 3.83. The molecule has 0 bridgehead atoms. The number of non-ortho nitro benzene ring substituents is 1. The quantitative estimate of drug-likeness (QED) is 0.200. The molecule has 1 atom stereocenters. The topological polar surface area (TPSA) is 138 Å². The van der Waals surface area contributed by atoms with Gasteiger partial charge in [-0.1, -0.05) is 30.3 Å². The van der Waals surface area contributed by atoms with Crippen LogP contribution in [0.3, 0.4) is 0 Å². The molecule has 0 radical (unpaired) electrons. The standard InChI is InChI=1S/C24H16N2O7/c27-21(15-6-12-18(13-7-15)26(32)33)19-20(14-4-2-1-3-5-14)25(23(29)22(19)28)17-10-8-16(9-11-17)24(30)31/h1-13,20,27H,(H,30,31)/b21-19+. The lowest BCUT2D eigenvalue weighted by atomic mass is 9.95. The van der Waals surface area contributed by atoms with Crippen molar-refractivity contribution in [2.24, 2.45) is 0 Å². The zero-order valence-corrected chi connectivity index (χ0v) is 16.9. The van der Waals surface area contributed by atoms with Gasteiger partial charge in [0, 0.05) is 23.4 Å². The van der Waals surface area contributed by atoms with E-state index in [1.54, 1.807) is 30.3 Å². The molecule has 0 spiro atoms. The summed E-state index contributed by atoms with van der Waals surface area (Å²) in [6.07, 6.45) is 0. The minimum Gasteiger partial charge on any atom is -0.507 e. The molecule has 3 aromatic carbocycles. The average Bonchev–Trinajstić information content (AvgIpc) is 3.09. The Labute approximate surface area is 187 Å². The van der Waals surface area contributed by atoms with Gasteiger partial charge in [-0.15, -0.1) is 0 Å². The number of carbonyl (C=O) groups is 3. The Bertz CT molecular complexity index is 1300. The Balaban J connectivity index is 1.88. The summed E-state index contributed by atoms with van der Waals surface area (Å²) in [6, 6.07) is 18.0. The van der Waals surface area contributed by atoms with Crippen LogP contribution >= 0.6 is 0 Å². The summed E-state index contributed by atoms with van der Waals surface area (Å²) in [4.78, 5) is 48.8. The summed E-state index contributed by atoms with van der Waals surface area (Å²) in [7, 11) is 0. The van der Waals surface area contributed by atoms with Gasteiger partial charge in [0.1, 0.15) is 5.76 Å². The van der Waals surface area contributed by atoms with Crippen LogP contribution in [0.4, 0.5) is 11.4 Å². The molecular weight excluding hydrogens is 428 g/mol. The summed E-state index contributed by atoms with van der Waals surface area (Å²) < 4.78 is 0. The Morgan fingerprint density at radius 1 is 0.848 bits per heavy atom. The molecule has 4 rings (SSSR count). The van der Waals surface area contributed by atoms with Gasteiger partial charge in [0.05, 0.1) is 22.1 Å². The highest BCUT2D eigenvalue weighted by Crippen LogP contribution is 2.42. The van der Waals surface area contributed by atoms with Gasteiger partial charge < -0.3 is 10.2 Å². The van der Waals surface area contributed by atoms with Gasteiger partial charge in [-0.05, 0) is 42.0 Å². The third-order valence-corrected chi connectivity index (χ3v) is 5.30. The fourth-order valence-corrected chi connectivity index (χ4v) is 3.71. The highest BCUT2D eigenvalue weighted by Gasteiger charge is 2.46. The number of Topliss-reactive ketones (excluding diaryl/α,β-unsaturated/α-hetero) is 1. The van der Waals surface area contributed by atoms with E-state index in [9.17, 15) is 29.6 Å². The SMILES string of the molecule is O=C1C(=O)N(c2ccc(C(=O)O)cc2)C(c2ccccc2)/C1=C(\O)c1ccc([N+](=O)[O-])cc1. The molecular formula is C24H16N2O7. The summed E-state index contributed by atoms with van der Waals surface area (Å²) in [5, 5.41) is 31.1. The van der Waals surface area contributed by atoms with Gasteiger partial charge in [0.15, 0.2) is 0 Å². The number of benzene rings is 3. The monoisotopic (exact) mass is 444 g/mol. The van der Waals surface area contributed by atoms with E-state index >= 15 is 0 Å². The predicted molar refractivity (Wildman–Crippen MR) is 118 cm³/mol. The molecule has 9 heteroatoms. The van der Waals surface area contributed by atoms with Crippen LogP contribution in [0.15, 0.2) is 84.4 Å². The molecule has 1 aliphatic rings. The third-order valence-electron chi connectivity index (χ3n) is 5.30. The van der Waals surface area contributed by atoms with E-state index in [4.69, 9.17) is 5.11 Å². The van der Waals surface area contributed by atoms with Crippen molar-refractivity contribution in [3.8, 4) is 0 Å². The van der Waals surface area contributed by atoms with Gasteiger partial charge in [0.25, 0.3) is 17.4 Å². The molecule has 1 fully saturated rings. The van der Waals surface area contributed by atoms with Gasteiger partial charge in [0.2, 0.25) is 0 Å². The molecule has 1 unspecified atom stereocenters. The second-order valence-corrected chi connectivity index (χ2v) is 7.24. The highest BCUT2D eigenvalue weighted by molar-refractivity contribution is 6.51. The Morgan fingerprint density at radius 2 is 1.42 bits per heavy atom. The molecule has 1 heterocycles. The van der Waals surface area contributed by atoms with Crippen molar-refractivity contribution in [3.63, 3.8) is 0 Å². The lowest BCUT2D eigenvalue weighted by molar-refractivity contribution is -0.384. The second kappa shape index (κ2) is 8.39. The van der Waals surface area contributed by atoms with Gasteiger partial charge in [-0.2, -0.15) is 0 Å². The summed E-state index contributed by atoms with van der Waals surface area (Å²) in [5.74, 6) is -3.43. The van der Waals surface area contributed by atoms with Crippen LogP contribution in [0.25, 0.3) is 5.76 Å². The fraction of sp³-hybridized carbons (Fsp3) is 0.0417. The smallest absolute Gasteiger partial charge is 0.335 e. The number of hydrogen-bond acceptors (Lipinski definition) is 6. The first-order valence-corrected chi connectivity index (χ1v) is 9.73. The van der Waals surface area contributed by atoms with Crippen LogP contribution in [-0.2, 0) is 9.59 Å². The number of nitrogens with zero attached hydrogens (tertiary/aromatic N) is 2. The molecule has 1 amide bonds. The van der Waals surface area contributed by atoms with Gasteiger partial charge >= 0.3 is 5.97 Å². The number of carboxylic acids is 1. The van der Waals surface area contributed by atoms with Crippen molar-refractivity contribution in [1.82, 2.24) is 0 Å². The van der Waals surface area contributed by atoms with Crippen molar-refractivity contribution in [2.75, 3.05) is 4.90 Å². The number of rotatable bonds is 5. The number of hydrogen-bond donors (Lipinski definition) is 2. The lowest BCUT2D eigenvalue weighted by Crippen LogP contribution is -2.29. The first-order valence-electron chi connectivity index (χ1n) is 9.73. The van der Waals surface area contributed by atoms with Crippen LogP contribution in [0, 0.1) is 10.1 Å². The summed E-state index contributed by atoms with van der Waals surface area (Å²) in [6.45, 7) is 0. The molecule has 0 saturated carbocycles. The number of ketones is 1. The van der Waals surface area contributed by atoms with Crippen molar-refractivity contribution in [2.45, 2.75) is 6.04 Å². The summed E-state index contributed by atoms with van der Waals surface area (Å²) in [5.41, 5.74) is 0.604. The van der Waals surface area contributed by atoms with Crippen molar-refractivity contribution < 1.29 is 29.5 Å². The van der Waals surface area contributed by atoms with Crippen LogP contribution in [0.5, 0.6) is 0 Å². The molecule has 9 nitrogen and oxygen atoms in total.